The van der Waals surface area contributed by atoms with Gasteiger partial charge >= 0.3 is 0 Å². The molecule has 0 bridgehead atoms. The summed E-state index contributed by atoms with van der Waals surface area (Å²) in [5, 5.41) is 4.55. The number of piperidine rings is 1. The van der Waals surface area contributed by atoms with Gasteiger partial charge in [-0.2, -0.15) is 0 Å². The third kappa shape index (κ3) is 4.62. The number of hydrogen-bond donors (Lipinski definition) is 2. The summed E-state index contributed by atoms with van der Waals surface area (Å²) in [5.74, 6) is -3.85. The monoisotopic (exact) mass is 459 g/mol. The lowest BCUT2D eigenvalue weighted by Crippen LogP contribution is -2.52. The molecule has 3 heterocycles. The number of morpholine rings is 1. The van der Waals surface area contributed by atoms with Gasteiger partial charge < -0.3 is 15.0 Å². The Morgan fingerprint density at radius 3 is 2.64 bits per heavy atom. The molecular weight excluding hydrogens is 420 g/mol. The van der Waals surface area contributed by atoms with Crippen molar-refractivity contribution in [2.45, 2.75) is 38.4 Å². The van der Waals surface area contributed by atoms with Gasteiger partial charge in [-0.25, -0.2) is 0 Å². The summed E-state index contributed by atoms with van der Waals surface area (Å²) >= 11 is 0. The quantitative estimate of drug-likeness (QED) is 0.641. The minimum atomic E-state index is -3.20. The van der Waals surface area contributed by atoms with Gasteiger partial charge in [0.05, 0.1) is 22.8 Å². The van der Waals surface area contributed by atoms with Crippen LogP contribution in [0.1, 0.15) is 54.9 Å². The molecule has 2 N–H and O–H groups in total. The van der Waals surface area contributed by atoms with Crippen LogP contribution in [0.5, 0.6) is 0 Å². The van der Waals surface area contributed by atoms with Crippen LogP contribution in [-0.4, -0.2) is 59.9 Å². The average Bonchev–Trinajstić information content (AvgIpc) is 3.30. The summed E-state index contributed by atoms with van der Waals surface area (Å²) in [6.45, 7) is 1.35. The van der Waals surface area contributed by atoms with E-state index in [4.69, 9.17) is 19.8 Å². The molecule has 8 heteroatoms. The minimum absolute atomic E-state index is 0.0590. The van der Waals surface area contributed by atoms with Gasteiger partial charge in [0.2, 0.25) is 11.8 Å². The standard InChI is InChI=1S/C25H28N4O4/c30-23-9-8-22(24(31)27-23)29-16-20-19(25(29)32)2-1-3-21(20)26-14-17-4-6-18(7-5-17)15-28-10-12-33-13-11-28/h1-7,22,26H,8-16H2,(H,27,30,31)/t22-/m1/s1/i1D,2D,3D,4D,5D,6D,7D,8D2,9D2. The topological polar surface area (TPSA) is 91.0 Å². The van der Waals surface area contributed by atoms with Crippen molar-refractivity contribution in [3.63, 3.8) is 0 Å². The number of benzene rings is 2. The van der Waals surface area contributed by atoms with E-state index in [9.17, 15) is 14.4 Å². The van der Waals surface area contributed by atoms with Crippen molar-refractivity contribution in [1.29, 1.82) is 0 Å². The molecule has 3 aliphatic rings. The highest BCUT2D eigenvalue weighted by Crippen LogP contribution is 2.32. The van der Waals surface area contributed by atoms with Crippen molar-refractivity contribution >= 4 is 23.4 Å². The summed E-state index contributed by atoms with van der Waals surface area (Å²) in [6.07, 6.45) is -6.37. The van der Waals surface area contributed by atoms with E-state index in [0.717, 1.165) is 0 Å². The second-order valence-corrected chi connectivity index (χ2v) is 7.73. The second kappa shape index (κ2) is 9.33. The molecule has 0 aliphatic carbocycles. The van der Waals surface area contributed by atoms with E-state index >= 15 is 0 Å². The molecule has 0 saturated carbocycles. The van der Waals surface area contributed by atoms with Crippen LogP contribution < -0.4 is 10.6 Å². The summed E-state index contributed by atoms with van der Waals surface area (Å²) in [6, 6.07) is -5.16. The lowest BCUT2D eigenvalue weighted by molar-refractivity contribution is -0.136. The fourth-order valence-corrected chi connectivity index (χ4v) is 3.84. The van der Waals surface area contributed by atoms with E-state index in [1.807, 2.05) is 4.90 Å². The zero-order valence-electron chi connectivity index (χ0n) is 28.6. The first-order valence-corrected chi connectivity index (χ1v) is 10.4. The number of fused-ring (bicyclic) bond motifs is 1. The van der Waals surface area contributed by atoms with Gasteiger partial charge in [0.25, 0.3) is 5.91 Å². The van der Waals surface area contributed by atoms with Gasteiger partial charge in [0.1, 0.15) is 6.04 Å². The molecule has 0 unspecified atom stereocenters. The lowest BCUT2D eigenvalue weighted by atomic mass is 10.0. The van der Waals surface area contributed by atoms with E-state index in [1.165, 1.54) is 0 Å². The van der Waals surface area contributed by atoms with Crippen LogP contribution >= 0.6 is 0 Å². The molecule has 172 valence electrons. The number of carbonyl (C=O) groups excluding carboxylic acids is 3. The molecule has 2 aromatic carbocycles. The molecule has 0 aromatic heterocycles. The smallest absolute Gasteiger partial charge is 0.255 e. The molecule has 33 heavy (non-hydrogen) atoms. The van der Waals surface area contributed by atoms with Crippen LogP contribution in [0.4, 0.5) is 5.69 Å². The van der Waals surface area contributed by atoms with Gasteiger partial charge in [0, 0.05) is 61.4 Å². The molecule has 3 amide bonds. The van der Waals surface area contributed by atoms with Crippen LogP contribution in [0.2, 0.25) is 0 Å². The zero-order valence-corrected chi connectivity index (χ0v) is 17.6. The Morgan fingerprint density at radius 2 is 1.85 bits per heavy atom. The number of carbonyl (C=O) groups is 3. The highest BCUT2D eigenvalue weighted by molar-refractivity contribution is 6.06. The van der Waals surface area contributed by atoms with Gasteiger partial charge in [-0.1, -0.05) is 30.2 Å². The highest BCUT2D eigenvalue weighted by Gasteiger charge is 2.39. The van der Waals surface area contributed by atoms with E-state index in [0.29, 0.717) is 31.2 Å². The summed E-state index contributed by atoms with van der Waals surface area (Å²) in [4.78, 5) is 40.9. The second-order valence-electron chi connectivity index (χ2n) is 7.73. The SMILES string of the molecule is [2H]c1c([2H])c(NCc2c([2H])c([2H])c(CN3CCOCC3)c([2H])c2[2H])c2c(c1[2H])C(=O)N([C@H]1C(=O)NC(=O)C([2H])([2H])C1([2H])[2H])C2. The van der Waals surface area contributed by atoms with Crippen LogP contribution in [0, 0.1) is 0 Å². The Bertz CT molecular complexity index is 1570. The molecule has 5 rings (SSSR count). The summed E-state index contributed by atoms with van der Waals surface area (Å²) in [7, 11) is 0. The number of nitrogens with one attached hydrogen (secondary N) is 2. The molecule has 2 aromatic rings. The predicted octanol–water partition coefficient (Wildman–Crippen LogP) is 1.89. The molecule has 0 radical (unpaired) electrons. The fourth-order valence-electron chi connectivity index (χ4n) is 3.84. The van der Waals surface area contributed by atoms with E-state index in [2.05, 4.69) is 5.32 Å². The molecule has 0 spiro atoms. The van der Waals surface area contributed by atoms with Gasteiger partial charge in [-0.3, -0.25) is 24.6 Å². The number of amides is 3. The molecule has 1 atom stereocenters. The highest BCUT2D eigenvalue weighted by atomic mass is 16.5. The number of hydrogen-bond acceptors (Lipinski definition) is 6. The third-order valence-corrected chi connectivity index (χ3v) is 5.56. The van der Waals surface area contributed by atoms with Crippen LogP contribution in [0.3, 0.4) is 0 Å². The maximum atomic E-state index is 13.5. The maximum Gasteiger partial charge on any atom is 0.255 e. The van der Waals surface area contributed by atoms with Crippen molar-refractivity contribution in [2.75, 3.05) is 31.6 Å². The van der Waals surface area contributed by atoms with Crippen LogP contribution in [-0.2, 0) is 34.0 Å². The minimum Gasteiger partial charge on any atom is -0.381 e. The zero-order chi connectivity index (χ0) is 32.5. The molecular formula is C25H28N4O4. The van der Waals surface area contributed by atoms with Crippen molar-refractivity contribution in [2.24, 2.45) is 0 Å². The van der Waals surface area contributed by atoms with Crippen LogP contribution in [0.25, 0.3) is 0 Å². The molecule has 2 saturated heterocycles. The molecule has 8 nitrogen and oxygen atoms in total. The first-order chi connectivity index (χ1) is 20.5. The Kier molecular flexibility index (Phi) is 3.48. The van der Waals surface area contributed by atoms with E-state index in [1.54, 1.807) is 5.32 Å². The first-order valence-electron chi connectivity index (χ1n) is 15.9. The number of rotatable bonds is 6. The van der Waals surface area contributed by atoms with Gasteiger partial charge in [0.15, 0.2) is 0 Å². The summed E-state index contributed by atoms with van der Waals surface area (Å²) in [5.41, 5.74) is -0.520. The third-order valence-electron chi connectivity index (χ3n) is 5.56. The van der Waals surface area contributed by atoms with Crippen molar-refractivity contribution in [3.05, 3.63) is 64.6 Å². The first kappa shape index (κ1) is 12.3. The number of anilines is 1. The Balaban J connectivity index is 1.49. The Morgan fingerprint density at radius 1 is 1.09 bits per heavy atom. The van der Waals surface area contributed by atoms with Crippen molar-refractivity contribution in [1.82, 2.24) is 15.1 Å². The van der Waals surface area contributed by atoms with E-state index < -0.39 is 66.7 Å². The normalized spacial score (nSPS) is 29.0. The Labute approximate surface area is 208 Å². The Hall–Kier alpha value is -3.23. The average molecular weight is 460 g/mol. The van der Waals surface area contributed by atoms with Crippen molar-refractivity contribution in [3.8, 4) is 0 Å². The van der Waals surface area contributed by atoms with Gasteiger partial charge in [-0.05, 0) is 29.6 Å². The number of imide groups is 1. The van der Waals surface area contributed by atoms with E-state index in [-0.39, 0.29) is 59.6 Å². The summed E-state index contributed by atoms with van der Waals surface area (Å²) < 4.78 is 97.0. The van der Waals surface area contributed by atoms with Gasteiger partial charge in [-0.15, -0.1) is 0 Å². The van der Waals surface area contributed by atoms with Crippen LogP contribution in [0.15, 0.2) is 42.3 Å². The van der Waals surface area contributed by atoms with Crippen molar-refractivity contribution < 1.29 is 34.2 Å². The number of nitrogens with zero attached hydrogens (tertiary/aromatic N) is 2. The molecule has 2 fully saturated rings. The largest absolute Gasteiger partial charge is 0.381 e. The maximum absolute atomic E-state index is 13.5. The molecule has 3 aliphatic heterocycles. The fraction of sp³-hybridized carbons (Fsp3) is 0.400. The predicted molar refractivity (Wildman–Crippen MR) is 122 cm³/mol. The lowest BCUT2D eigenvalue weighted by Gasteiger charge is -2.29. The number of ether oxygens (including phenoxy) is 1.